The fourth-order valence-electron chi connectivity index (χ4n) is 3.62. The van der Waals surface area contributed by atoms with Crippen LogP contribution >= 0.6 is 11.3 Å². The molecular formula is C23H21N7O3S. The van der Waals surface area contributed by atoms with Gasteiger partial charge in [0, 0.05) is 12.5 Å². The Hall–Kier alpha value is -4.25. The zero-order valence-corrected chi connectivity index (χ0v) is 19.3. The van der Waals surface area contributed by atoms with Gasteiger partial charge in [0.15, 0.2) is 17.3 Å². The molecule has 0 bridgehead atoms. The Labute approximate surface area is 198 Å². The van der Waals surface area contributed by atoms with Crippen LogP contribution in [0.3, 0.4) is 0 Å². The Kier molecular flexibility index (Phi) is 5.68. The molecule has 10 nitrogen and oxygen atoms in total. The van der Waals surface area contributed by atoms with Gasteiger partial charge < -0.3 is 15.2 Å². The van der Waals surface area contributed by atoms with E-state index in [0.717, 1.165) is 20.8 Å². The van der Waals surface area contributed by atoms with E-state index in [4.69, 9.17) is 15.2 Å². The van der Waals surface area contributed by atoms with Gasteiger partial charge in [0.1, 0.15) is 17.2 Å². The number of rotatable bonds is 7. The highest BCUT2D eigenvalue weighted by Crippen LogP contribution is 2.28. The number of anilines is 1. The number of fused-ring (bicyclic) bond motifs is 1. The van der Waals surface area contributed by atoms with Crippen LogP contribution in [0.1, 0.15) is 16.4 Å². The van der Waals surface area contributed by atoms with Gasteiger partial charge in [0.05, 0.1) is 31.0 Å². The van der Waals surface area contributed by atoms with Crippen molar-refractivity contribution in [2.75, 3.05) is 20.0 Å². The predicted octanol–water partition coefficient (Wildman–Crippen LogP) is 2.67. The van der Waals surface area contributed by atoms with Crippen LogP contribution in [0, 0.1) is 0 Å². The molecule has 0 atom stereocenters. The Bertz CT molecular complexity index is 1510. The summed E-state index contributed by atoms with van der Waals surface area (Å²) < 4.78 is 14.7. The van der Waals surface area contributed by atoms with Crippen molar-refractivity contribution < 1.29 is 9.47 Å². The van der Waals surface area contributed by atoms with E-state index >= 15 is 0 Å². The largest absolute Gasteiger partial charge is 0.493 e. The fourth-order valence-corrected chi connectivity index (χ4v) is 4.58. The van der Waals surface area contributed by atoms with Crippen LogP contribution in [0.4, 0.5) is 5.95 Å². The van der Waals surface area contributed by atoms with Crippen molar-refractivity contribution in [2.24, 2.45) is 0 Å². The molecule has 0 aliphatic carbocycles. The summed E-state index contributed by atoms with van der Waals surface area (Å²) in [5.41, 5.74) is 7.47. The molecule has 2 N–H and O–H groups in total. The second kappa shape index (κ2) is 8.94. The minimum absolute atomic E-state index is 0.0935. The molecule has 3 aromatic heterocycles. The highest BCUT2D eigenvalue weighted by molar-refractivity contribution is 7.18. The molecule has 5 rings (SSSR count). The lowest BCUT2D eigenvalue weighted by atomic mass is 10.1. The second-order valence-corrected chi connectivity index (χ2v) is 8.57. The maximum Gasteiger partial charge on any atom is 0.255 e. The fraction of sp³-hybridized carbons (Fsp3) is 0.174. The molecule has 5 aromatic rings. The van der Waals surface area contributed by atoms with Gasteiger partial charge >= 0.3 is 0 Å². The summed E-state index contributed by atoms with van der Waals surface area (Å²) >= 11 is 1.55. The molecule has 172 valence electrons. The van der Waals surface area contributed by atoms with E-state index in [1.54, 1.807) is 25.6 Å². The van der Waals surface area contributed by atoms with Gasteiger partial charge in [-0.3, -0.25) is 9.36 Å². The normalized spacial score (nSPS) is 11.1. The summed E-state index contributed by atoms with van der Waals surface area (Å²) in [7, 11) is 3.16. The van der Waals surface area contributed by atoms with Gasteiger partial charge in [-0.25, -0.2) is 9.97 Å². The standard InChI is InChI=1S/C23H21N7O3S/c1-32-16-8-7-14(9-17(16)33-2)10-20-27-23(24)28-30(20)19-11-22(31)29(13-25-19)12-21-26-15-5-3-4-6-18(15)34-21/h3-9,11,13H,10,12H2,1-2H3,(H2,24,28). The van der Waals surface area contributed by atoms with Crippen LogP contribution in [-0.4, -0.2) is 43.5 Å². The third kappa shape index (κ3) is 4.20. The van der Waals surface area contributed by atoms with Gasteiger partial charge in [-0.2, -0.15) is 9.67 Å². The lowest BCUT2D eigenvalue weighted by Crippen LogP contribution is -2.22. The molecule has 0 saturated heterocycles. The van der Waals surface area contributed by atoms with Crippen molar-refractivity contribution in [1.29, 1.82) is 0 Å². The first-order chi connectivity index (χ1) is 16.5. The number of aromatic nitrogens is 6. The zero-order valence-electron chi connectivity index (χ0n) is 18.5. The summed E-state index contributed by atoms with van der Waals surface area (Å²) in [4.78, 5) is 26.2. The summed E-state index contributed by atoms with van der Waals surface area (Å²) in [6.07, 6.45) is 1.89. The number of para-hydroxylation sites is 1. The van der Waals surface area contributed by atoms with Gasteiger partial charge in [-0.15, -0.1) is 16.4 Å². The van der Waals surface area contributed by atoms with Crippen molar-refractivity contribution in [3.8, 4) is 17.3 Å². The molecule has 0 aliphatic rings. The molecule has 0 unspecified atom stereocenters. The Morgan fingerprint density at radius 2 is 1.85 bits per heavy atom. The zero-order chi connectivity index (χ0) is 23.7. The van der Waals surface area contributed by atoms with Crippen LogP contribution in [0.15, 0.2) is 59.7 Å². The van der Waals surface area contributed by atoms with Crippen molar-refractivity contribution in [3.63, 3.8) is 0 Å². The summed E-state index contributed by atoms with van der Waals surface area (Å²) in [5, 5.41) is 5.07. The number of methoxy groups -OCH3 is 2. The van der Waals surface area contributed by atoms with Crippen LogP contribution < -0.4 is 20.8 Å². The number of hydrogen-bond acceptors (Lipinski definition) is 9. The maximum absolute atomic E-state index is 12.8. The summed E-state index contributed by atoms with van der Waals surface area (Å²) in [6, 6.07) is 14.9. The molecule has 0 fully saturated rings. The summed E-state index contributed by atoms with van der Waals surface area (Å²) in [5.74, 6) is 2.21. The maximum atomic E-state index is 12.8. The molecule has 2 aromatic carbocycles. The molecule has 0 saturated carbocycles. The third-order valence-corrected chi connectivity index (χ3v) is 6.25. The van der Waals surface area contributed by atoms with Crippen LogP contribution in [0.2, 0.25) is 0 Å². The number of benzene rings is 2. The Balaban J connectivity index is 1.42. The van der Waals surface area contributed by atoms with Gasteiger partial charge in [-0.05, 0) is 29.8 Å². The van der Waals surface area contributed by atoms with E-state index in [0.29, 0.717) is 36.1 Å². The number of nitrogen functional groups attached to an aromatic ring is 1. The molecule has 11 heteroatoms. The van der Waals surface area contributed by atoms with Crippen molar-refractivity contribution >= 4 is 27.5 Å². The molecule has 0 amide bonds. The van der Waals surface area contributed by atoms with E-state index in [-0.39, 0.29) is 11.5 Å². The van der Waals surface area contributed by atoms with Crippen LogP contribution in [0.25, 0.3) is 16.0 Å². The van der Waals surface area contributed by atoms with Crippen molar-refractivity contribution in [3.05, 3.63) is 81.6 Å². The highest BCUT2D eigenvalue weighted by Gasteiger charge is 2.15. The van der Waals surface area contributed by atoms with E-state index in [9.17, 15) is 4.79 Å². The predicted molar refractivity (Wildman–Crippen MR) is 129 cm³/mol. The Morgan fingerprint density at radius 3 is 2.62 bits per heavy atom. The quantitative estimate of drug-likeness (QED) is 0.381. The lowest BCUT2D eigenvalue weighted by Gasteiger charge is -2.10. The molecule has 0 spiro atoms. The van der Waals surface area contributed by atoms with Crippen molar-refractivity contribution in [2.45, 2.75) is 13.0 Å². The van der Waals surface area contributed by atoms with Crippen LogP contribution in [0.5, 0.6) is 11.5 Å². The number of nitrogens with two attached hydrogens (primary N) is 1. The molecular weight excluding hydrogens is 454 g/mol. The number of hydrogen-bond donors (Lipinski definition) is 1. The molecule has 0 radical (unpaired) electrons. The number of ether oxygens (including phenoxy) is 2. The van der Waals surface area contributed by atoms with E-state index < -0.39 is 0 Å². The first kappa shape index (κ1) is 21.6. The van der Waals surface area contributed by atoms with Gasteiger partial charge in [-0.1, -0.05) is 18.2 Å². The Morgan fingerprint density at radius 1 is 1.03 bits per heavy atom. The van der Waals surface area contributed by atoms with E-state index in [1.165, 1.54) is 21.6 Å². The topological polar surface area (TPSA) is 123 Å². The summed E-state index contributed by atoms with van der Waals surface area (Å²) in [6.45, 7) is 0.337. The number of thiazole rings is 1. The van der Waals surface area contributed by atoms with Crippen molar-refractivity contribution in [1.82, 2.24) is 29.3 Å². The molecule has 0 aliphatic heterocycles. The van der Waals surface area contributed by atoms with Gasteiger partial charge in [0.25, 0.3) is 5.56 Å². The average molecular weight is 476 g/mol. The lowest BCUT2D eigenvalue weighted by molar-refractivity contribution is 0.354. The van der Waals surface area contributed by atoms with E-state index in [2.05, 4.69) is 20.1 Å². The minimum atomic E-state index is -0.226. The monoisotopic (exact) mass is 475 g/mol. The second-order valence-electron chi connectivity index (χ2n) is 7.45. The number of nitrogens with zero attached hydrogens (tertiary/aromatic N) is 6. The minimum Gasteiger partial charge on any atom is -0.493 e. The highest BCUT2D eigenvalue weighted by atomic mass is 32.1. The third-order valence-electron chi connectivity index (χ3n) is 5.23. The van der Waals surface area contributed by atoms with E-state index in [1.807, 2.05) is 42.5 Å². The SMILES string of the molecule is COc1ccc(Cc2nc(N)nn2-c2cc(=O)n(Cc3nc4ccccc4s3)cn2)cc1OC. The average Bonchev–Trinajstić information content (AvgIpc) is 3.42. The smallest absolute Gasteiger partial charge is 0.255 e. The van der Waals surface area contributed by atoms with Crippen LogP contribution in [-0.2, 0) is 13.0 Å². The van der Waals surface area contributed by atoms with Gasteiger partial charge in [0.2, 0.25) is 5.95 Å². The molecule has 34 heavy (non-hydrogen) atoms. The first-order valence-corrected chi connectivity index (χ1v) is 11.2. The molecule has 3 heterocycles. The first-order valence-electron chi connectivity index (χ1n) is 10.4.